The largest absolute Gasteiger partial charge is 0.485 e. The van der Waals surface area contributed by atoms with Crippen LogP contribution in [0.3, 0.4) is 0 Å². The predicted octanol–water partition coefficient (Wildman–Crippen LogP) is 4.81. The summed E-state index contributed by atoms with van der Waals surface area (Å²) in [5.74, 6) is 1.83. The topological polar surface area (TPSA) is 36.3 Å². The van der Waals surface area contributed by atoms with Gasteiger partial charge in [0.25, 0.3) is 0 Å². The summed E-state index contributed by atoms with van der Waals surface area (Å²) >= 11 is 0. The molecule has 0 aliphatic rings. The lowest BCUT2D eigenvalue weighted by Crippen LogP contribution is -2.09. The van der Waals surface area contributed by atoms with E-state index in [0.29, 0.717) is 6.61 Å². The van der Waals surface area contributed by atoms with Gasteiger partial charge in [-0.3, -0.25) is 0 Å². The Morgan fingerprint density at radius 2 is 1.73 bits per heavy atom. The molecule has 0 saturated heterocycles. The van der Waals surface area contributed by atoms with Crippen LogP contribution >= 0.6 is 0 Å². The van der Waals surface area contributed by atoms with Gasteiger partial charge in [0, 0.05) is 25.6 Å². The van der Waals surface area contributed by atoms with Crippen LogP contribution in [0.2, 0.25) is 0 Å². The highest BCUT2D eigenvalue weighted by Crippen LogP contribution is 2.26. The lowest BCUT2D eigenvalue weighted by molar-refractivity contribution is 0.189. The van der Waals surface area contributed by atoms with Crippen molar-refractivity contribution < 1.29 is 9.47 Å². The zero-order chi connectivity index (χ0) is 17.8. The molecule has 0 atom stereocenters. The monoisotopic (exact) mass is 346 g/mol. The minimum atomic E-state index is 0.440. The molecule has 0 spiro atoms. The highest BCUT2D eigenvalue weighted by molar-refractivity contribution is 5.88. The van der Waals surface area contributed by atoms with Crippen molar-refractivity contribution in [2.75, 3.05) is 13.7 Å². The van der Waals surface area contributed by atoms with Crippen LogP contribution in [0.4, 0.5) is 0 Å². The van der Waals surface area contributed by atoms with Crippen LogP contribution in [0.5, 0.6) is 5.75 Å². The Hall–Kier alpha value is -2.85. The van der Waals surface area contributed by atoms with E-state index in [-0.39, 0.29) is 0 Å². The molecule has 132 valence electrons. The number of fused-ring (bicyclic) bond motifs is 2. The minimum absolute atomic E-state index is 0.440. The number of imidazole rings is 1. The molecule has 0 radical (unpaired) electrons. The van der Waals surface area contributed by atoms with E-state index in [1.54, 1.807) is 7.11 Å². The Bertz CT molecular complexity index is 1020. The number of hydrogen-bond donors (Lipinski definition) is 0. The average molecular weight is 346 g/mol. The summed E-state index contributed by atoms with van der Waals surface area (Å²) in [6.45, 7) is 2.04. The predicted molar refractivity (Wildman–Crippen MR) is 105 cm³/mol. The van der Waals surface area contributed by atoms with Crippen molar-refractivity contribution in [3.05, 3.63) is 72.6 Å². The van der Waals surface area contributed by atoms with Crippen molar-refractivity contribution in [3.8, 4) is 5.75 Å². The van der Waals surface area contributed by atoms with Gasteiger partial charge in [0.1, 0.15) is 18.2 Å². The van der Waals surface area contributed by atoms with E-state index in [1.165, 1.54) is 5.39 Å². The Morgan fingerprint density at radius 3 is 2.65 bits per heavy atom. The fraction of sp³-hybridized carbons (Fsp3) is 0.227. The first-order chi connectivity index (χ1) is 12.9. The van der Waals surface area contributed by atoms with Gasteiger partial charge in [0.15, 0.2) is 0 Å². The van der Waals surface area contributed by atoms with Crippen molar-refractivity contribution in [2.45, 2.75) is 19.6 Å². The van der Waals surface area contributed by atoms with E-state index in [4.69, 9.17) is 14.5 Å². The number of rotatable bonds is 7. The van der Waals surface area contributed by atoms with Gasteiger partial charge >= 0.3 is 0 Å². The van der Waals surface area contributed by atoms with Crippen LogP contribution in [0.25, 0.3) is 21.8 Å². The van der Waals surface area contributed by atoms with Crippen LogP contribution in [0.1, 0.15) is 12.2 Å². The Morgan fingerprint density at radius 1 is 0.923 bits per heavy atom. The number of aromatic nitrogens is 2. The van der Waals surface area contributed by atoms with Crippen molar-refractivity contribution in [3.63, 3.8) is 0 Å². The molecule has 26 heavy (non-hydrogen) atoms. The maximum absolute atomic E-state index is 6.17. The van der Waals surface area contributed by atoms with E-state index < -0.39 is 0 Å². The Kier molecular flexibility index (Phi) is 4.84. The summed E-state index contributed by atoms with van der Waals surface area (Å²) < 4.78 is 13.6. The van der Waals surface area contributed by atoms with Gasteiger partial charge in [0.05, 0.1) is 11.0 Å². The second kappa shape index (κ2) is 7.58. The number of para-hydroxylation sites is 2. The highest BCUT2D eigenvalue weighted by atomic mass is 16.5. The van der Waals surface area contributed by atoms with Crippen molar-refractivity contribution in [1.82, 2.24) is 9.55 Å². The number of benzene rings is 3. The number of nitrogens with zero attached hydrogens (tertiary/aromatic N) is 2. The Balaban J connectivity index is 1.63. The smallest absolute Gasteiger partial charge is 0.147 e. The molecular weight excluding hydrogens is 324 g/mol. The van der Waals surface area contributed by atoms with Crippen LogP contribution in [0.15, 0.2) is 66.7 Å². The van der Waals surface area contributed by atoms with Gasteiger partial charge in [-0.05, 0) is 30.0 Å². The molecular formula is C22H22N2O2. The van der Waals surface area contributed by atoms with E-state index in [2.05, 4.69) is 28.8 Å². The Labute approximate surface area is 153 Å². The molecule has 3 aromatic carbocycles. The van der Waals surface area contributed by atoms with Crippen LogP contribution in [0, 0.1) is 0 Å². The number of methoxy groups -OCH3 is 1. The molecule has 0 amide bonds. The normalized spacial score (nSPS) is 11.3. The molecule has 1 heterocycles. The zero-order valence-corrected chi connectivity index (χ0v) is 14.9. The van der Waals surface area contributed by atoms with E-state index in [1.807, 2.05) is 42.5 Å². The van der Waals surface area contributed by atoms with Gasteiger partial charge < -0.3 is 14.0 Å². The van der Waals surface area contributed by atoms with Gasteiger partial charge in [-0.1, -0.05) is 48.5 Å². The maximum Gasteiger partial charge on any atom is 0.147 e. The molecule has 0 N–H and O–H groups in total. The summed E-state index contributed by atoms with van der Waals surface area (Å²) in [7, 11) is 1.73. The average Bonchev–Trinajstić information content (AvgIpc) is 3.04. The number of ether oxygens (including phenoxy) is 2. The number of aryl methyl sites for hydroxylation is 1. The summed E-state index contributed by atoms with van der Waals surface area (Å²) in [6.07, 6.45) is 0.943. The summed E-state index contributed by atoms with van der Waals surface area (Å²) in [6, 6.07) is 22.6. The highest BCUT2D eigenvalue weighted by Gasteiger charge is 2.11. The van der Waals surface area contributed by atoms with Crippen LogP contribution in [-0.2, 0) is 17.9 Å². The summed E-state index contributed by atoms with van der Waals surface area (Å²) in [5, 5.41) is 2.30. The summed E-state index contributed by atoms with van der Waals surface area (Å²) in [5.41, 5.74) is 2.14. The zero-order valence-electron chi connectivity index (χ0n) is 14.9. The lowest BCUT2D eigenvalue weighted by Gasteiger charge is -2.12. The van der Waals surface area contributed by atoms with E-state index in [9.17, 15) is 0 Å². The van der Waals surface area contributed by atoms with Crippen LogP contribution in [-0.4, -0.2) is 23.3 Å². The molecule has 4 nitrogen and oxygen atoms in total. The fourth-order valence-electron chi connectivity index (χ4n) is 3.32. The number of hydrogen-bond acceptors (Lipinski definition) is 3. The molecule has 4 heteroatoms. The molecule has 4 rings (SSSR count). The van der Waals surface area contributed by atoms with Gasteiger partial charge in [-0.25, -0.2) is 4.98 Å². The lowest BCUT2D eigenvalue weighted by atomic mass is 10.1. The molecule has 0 unspecified atom stereocenters. The third kappa shape index (κ3) is 3.28. The first-order valence-corrected chi connectivity index (χ1v) is 8.90. The quantitative estimate of drug-likeness (QED) is 0.451. The van der Waals surface area contributed by atoms with E-state index in [0.717, 1.165) is 47.6 Å². The molecule has 0 fully saturated rings. The fourth-order valence-corrected chi connectivity index (χ4v) is 3.32. The minimum Gasteiger partial charge on any atom is -0.485 e. The van der Waals surface area contributed by atoms with Crippen molar-refractivity contribution in [1.29, 1.82) is 0 Å². The molecule has 1 aromatic heterocycles. The first kappa shape index (κ1) is 16.6. The summed E-state index contributed by atoms with van der Waals surface area (Å²) in [4.78, 5) is 4.78. The first-order valence-electron chi connectivity index (χ1n) is 8.90. The standard InChI is InChI=1S/C22H22N2O2/c1-25-15-7-14-24-20-12-5-4-11-19(20)23-22(24)16-26-21-13-6-9-17-8-2-3-10-18(17)21/h2-6,8-13H,7,14-16H2,1H3. The second-order valence-electron chi connectivity index (χ2n) is 6.28. The third-order valence-electron chi connectivity index (χ3n) is 4.57. The van der Waals surface area contributed by atoms with Crippen LogP contribution < -0.4 is 4.74 Å². The molecule has 0 aliphatic heterocycles. The molecule has 4 aromatic rings. The van der Waals surface area contributed by atoms with Gasteiger partial charge in [-0.15, -0.1) is 0 Å². The second-order valence-corrected chi connectivity index (χ2v) is 6.28. The van der Waals surface area contributed by atoms with Gasteiger partial charge in [-0.2, -0.15) is 0 Å². The van der Waals surface area contributed by atoms with Crippen molar-refractivity contribution in [2.24, 2.45) is 0 Å². The SMILES string of the molecule is COCCCn1c(COc2cccc3ccccc23)nc2ccccc21. The molecule has 0 bridgehead atoms. The van der Waals surface area contributed by atoms with Gasteiger partial charge in [0.2, 0.25) is 0 Å². The molecule has 0 aliphatic carbocycles. The van der Waals surface area contributed by atoms with Crippen molar-refractivity contribution >= 4 is 21.8 Å². The molecule has 0 saturated carbocycles. The maximum atomic E-state index is 6.17. The van der Waals surface area contributed by atoms with E-state index >= 15 is 0 Å². The third-order valence-corrected chi connectivity index (χ3v) is 4.57.